The van der Waals surface area contributed by atoms with Gasteiger partial charge in [0.25, 0.3) is 5.56 Å². The number of aromatic nitrogens is 6. The summed E-state index contributed by atoms with van der Waals surface area (Å²) in [7, 11) is -11.0. The molecule has 3 aromatic heterocycles. The van der Waals surface area contributed by atoms with Gasteiger partial charge in [0.15, 0.2) is 23.4 Å². The lowest BCUT2D eigenvalue weighted by atomic mass is 10.1. The van der Waals surface area contributed by atoms with Crippen LogP contribution in [0.4, 0.5) is 17.3 Å². The molecule has 12 N–H and O–H groups in total. The number of nitrogens with zero attached hydrogens (tertiary/aromatic N) is 5. The first-order chi connectivity index (χ1) is 24.9. The Kier molecular flexibility index (Phi) is 10.7. The number of aliphatic hydroxyl groups is 5. The summed E-state index contributed by atoms with van der Waals surface area (Å²) in [6.07, 6.45) is -10.8. The Balaban J connectivity index is 1.06. The van der Waals surface area contributed by atoms with E-state index in [0.29, 0.717) is 16.7 Å². The molecule has 5 heterocycles. The van der Waals surface area contributed by atoms with E-state index in [2.05, 4.69) is 39.1 Å². The van der Waals surface area contributed by atoms with Gasteiger partial charge in [0.2, 0.25) is 5.52 Å². The Morgan fingerprint density at radius 1 is 1.04 bits per heavy atom. The number of phosphoric ester groups is 2. The van der Waals surface area contributed by atoms with E-state index in [1.165, 1.54) is 15.8 Å². The summed E-state index contributed by atoms with van der Waals surface area (Å²) >= 11 is 0. The van der Waals surface area contributed by atoms with Gasteiger partial charge in [-0.3, -0.25) is 18.8 Å². The number of anilines is 3. The molecule has 26 heteroatoms. The van der Waals surface area contributed by atoms with Gasteiger partial charge in [0.05, 0.1) is 19.9 Å². The molecular weight excluding hydrogens is 752 g/mol. The Morgan fingerprint density at radius 3 is 2.47 bits per heavy atom. The molecule has 1 fully saturated rings. The van der Waals surface area contributed by atoms with Crippen LogP contribution in [0.15, 0.2) is 28.0 Å². The van der Waals surface area contributed by atoms with Crippen LogP contribution >= 0.6 is 15.6 Å². The summed E-state index contributed by atoms with van der Waals surface area (Å²) < 4.78 is 45.5. The molecule has 1 saturated heterocycles. The molecule has 6 rings (SSSR count). The number of benzene rings is 1. The maximum absolute atomic E-state index is 12.5. The van der Waals surface area contributed by atoms with Crippen LogP contribution in [0.3, 0.4) is 0 Å². The third-order valence-electron chi connectivity index (χ3n) is 8.66. The summed E-state index contributed by atoms with van der Waals surface area (Å²) in [5.41, 5.74) is 6.40. The fourth-order valence-electron chi connectivity index (χ4n) is 5.81. The van der Waals surface area contributed by atoms with Crippen LogP contribution in [0.25, 0.3) is 22.2 Å². The topological polar surface area (TPSA) is 362 Å². The molecule has 0 spiro atoms. The normalized spacial score (nSPS) is 24.1. The highest BCUT2D eigenvalue weighted by atomic mass is 31.3. The number of rotatable bonds is 13. The highest BCUT2D eigenvalue weighted by Gasteiger charge is 2.49. The van der Waals surface area contributed by atoms with Crippen molar-refractivity contribution in [2.45, 2.75) is 63.2 Å². The van der Waals surface area contributed by atoms with Crippen molar-refractivity contribution in [2.75, 3.05) is 35.8 Å². The Morgan fingerprint density at radius 2 is 1.74 bits per heavy atom. The molecule has 288 valence electrons. The number of hydrogen-bond acceptors (Lipinski definition) is 19. The molecule has 0 radical (unpaired) electrons. The van der Waals surface area contributed by atoms with E-state index in [-0.39, 0.29) is 29.5 Å². The molecule has 2 aliphatic heterocycles. The lowest BCUT2D eigenvalue weighted by molar-refractivity contribution is -0.657. The predicted octanol–water partition coefficient (Wildman–Crippen LogP) is -3.29. The fraction of sp³-hybridized carbons (Fsp3) is 0.481. The van der Waals surface area contributed by atoms with Crippen molar-refractivity contribution < 1.29 is 67.1 Å². The van der Waals surface area contributed by atoms with Crippen LogP contribution in [0.5, 0.6) is 0 Å². The van der Waals surface area contributed by atoms with Gasteiger partial charge in [0, 0.05) is 0 Å². The fourth-order valence-corrected chi connectivity index (χ4v) is 7.90. The largest absolute Gasteiger partial charge is 0.481 e. The monoisotopic (exact) mass is 788 g/mol. The van der Waals surface area contributed by atoms with Crippen molar-refractivity contribution in [3.05, 3.63) is 50.4 Å². The third-order valence-corrected chi connectivity index (χ3v) is 11.3. The van der Waals surface area contributed by atoms with Crippen LogP contribution in [-0.4, -0.2) is 123 Å². The van der Waals surface area contributed by atoms with Gasteiger partial charge in [-0.15, -0.1) is 0 Å². The average Bonchev–Trinajstić information content (AvgIpc) is 3.63. The molecule has 1 aromatic carbocycles. The summed E-state index contributed by atoms with van der Waals surface area (Å²) in [6.45, 7) is 0.937. The van der Waals surface area contributed by atoms with Crippen LogP contribution in [0.1, 0.15) is 11.1 Å². The van der Waals surface area contributed by atoms with Crippen LogP contribution in [0.2, 0.25) is 0 Å². The van der Waals surface area contributed by atoms with Crippen molar-refractivity contribution in [3.8, 4) is 0 Å². The van der Waals surface area contributed by atoms with E-state index in [4.69, 9.17) is 15.0 Å². The van der Waals surface area contributed by atoms with Crippen molar-refractivity contribution in [1.82, 2.24) is 24.9 Å². The predicted molar refractivity (Wildman–Crippen MR) is 179 cm³/mol. The summed E-state index contributed by atoms with van der Waals surface area (Å²) in [6, 6.07) is 3.33. The van der Waals surface area contributed by atoms with Gasteiger partial charge in [-0.2, -0.15) is 9.29 Å². The zero-order chi connectivity index (χ0) is 38.6. The first kappa shape index (κ1) is 38.7. The summed E-state index contributed by atoms with van der Waals surface area (Å²) in [5.74, 6) is 0.368. The number of H-pyrrole nitrogens is 2. The SMILES string of the molecule is Cc1cc2nc3c(=O)[nH]c(=O)[nH]c3[n+](C[C@H](O)[C@H](O)[C@H](O)COP(=O)(O)OP(=O)(O)OC[C@@H]3O[C@@H](N4CNc5c(N)ncnc54)[C@@H](O)[C@H]3O)c2cc1C. The minimum Gasteiger partial charge on any atom is -0.388 e. The number of hydrogen-bond donors (Lipinski definition) is 11. The molecule has 0 aliphatic carbocycles. The average molecular weight is 789 g/mol. The van der Waals surface area contributed by atoms with Crippen molar-refractivity contribution in [3.63, 3.8) is 0 Å². The minimum atomic E-state index is -5.53. The highest BCUT2D eigenvalue weighted by molar-refractivity contribution is 7.61. The maximum Gasteiger partial charge on any atom is 0.481 e. The van der Waals surface area contributed by atoms with E-state index >= 15 is 0 Å². The number of nitrogens with two attached hydrogens (primary N) is 1. The first-order valence-electron chi connectivity index (χ1n) is 15.7. The summed E-state index contributed by atoms with van der Waals surface area (Å²) in [4.78, 5) is 63.0. The van der Waals surface area contributed by atoms with Crippen LogP contribution in [-0.2, 0) is 33.8 Å². The lowest BCUT2D eigenvalue weighted by Crippen LogP contribution is -2.51. The number of aromatic amines is 2. The Bertz CT molecular complexity index is 2260. The van der Waals surface area contributed by atoms with E-state index < -0.39 is 89.5 Å². The number of ether oxygens (including phenoxy) is 1. The molecule has 2 unspecified atom stereocenters. The van der Waals surface area contributed by atoms with Crippen molar-refractivity contribution in [1.29, 1.82) is 0 Å². The van der Waals surface area contributed by atoms with E-state index in [1.54, 1.807) is 26.0 Å². The number of fused-ring (bicyclic) bond motifs is 3. The third kappa shape index (κ3) is 7.95. The number of aliphatic hydroxyl groups excluding tert-OH is 5. The molecule has 53 heavy (non-hydrogen) atoms. The second kappa shape index (κ2) is 14.7. The quantitative estimate of drug-likeness (QED) is 0.0359. The van der Waals surface area contributed by atoms with Gasteiger partial charge < -0.3 is 56.0 Å². The molecule has 2 aliphatic rings. The number of nitrogens with one attached hydrogen (secondary N) is 3. The molecule has 0 amide bonds. The molecule has 24 nitrogen and oxygen atoms in total. The number of phosphoric acid groups is 2. The van der Waals surface area contributed by atoms with E-state index in [0.717, 1.165) is 11.1 Å². The van der Waals surface area contributed by atoms with Gasteiger partial charge in [0.1, 0.15) is 60.7 Å². The second-order valence-corrected chi connectivity index (χ2v) is 15.3. The van der Waals surface area contributed by atoms with Crippen LogP contribution < -0.4 is 31.8 Å². The van der Waals surface area contributed by atoms with E-state index in [1.807, 2.05) is 0 Å². The molecule has 4 aromatic rings. The van der Waals surface area contributed by atoms with Crippen LogP contribution in [0, 0.1) is 13.8 Å². The lowest BCUT2D eigenvalue weighted by Gasteiger charge is -2.26. The van der Waals surface area contributed by atoms with Crippen molar-refractivity contribution in [2.24, 2.45) is 0 Å². The molecular formula is C27H36N9O15P2+. The molecule has 0 bridgehead atoms. The maximum atomic E-state index is 12.5. The van der Waals surface area contributed by atoms with Gasteiger partial charge in [-0.25, -0.2) is 33.4 Å². The number of nitrogen functional groups attached to an aromatic ring is 1. The number of aryl methyl sites for hydroxylation is 2. The molecule has 0 saturated carbocycles. The molecule has 9 atom stereocenters. The van der Waals surface area contributed by atoms with Gasteiger partial charge in [-0.05, 0) is 37.1 Å². The Labute approximate surface area is 296 Å². The smallest absolute Gasteiger partial charge is 0.388 e. The zero-order valence-electron chi connectivity index (χ0n) is 27.7. The minimum absolute atomic E-state index is 0.0439. The zero-order valence-corrected chi connectivity index (χ0v) is 29.5. The first-order valence-corrected chi connectivity index (χ1v) is 18.6. The van der Waals surface area contributed by atoms with Crippen molar-refractivity contribution >= 4 is 55.2 Å². The van der Waals surface area contributed by atoms with E-state index in [9.17, 15) is 54.0 Å². The van der Waals surface area contributed by atoms with Gasteiger partial charge in [-0.1, -0.05) is 0 Å². The van der Waals surface area contributed by atoms with Gasteiger partial charge >= 0.3 is 27.0 Å². The summed E-state index contributed by atoms with van der Waals surface area (Å²) in [5, 5.41) is 56.1. The highest BCUT2D eigenvalue weighted by Crippen LogP contribution is 2.60. The standard InChI is InChI=1S/C27H35N9O15P2/c1-10-3-12-13(4-11(10)2)35(24-18(32-12)25(42)34-27(43)33-24)5-14(37)19(39)15(38)6-48-52(44,45)51-53(46,47)49-7-16-20(40)21(41)26(50-16)36-9-31-17-22(28)29-8-30-23(17)36/h3-4,8,14-16,19-21,26,37-41H,5-7,9H2,1-2H3,(H6,28,29,30,31,32,33,34,42,43,44,45,46,47)/p+1/t14-,15+,16-,19-,20-,21-,26+/m0/s1. The second-order valence-electron chi connectivity index (χ2n) is 12.3. The Hall–Kier alpha value is -4.00.